The lowest BCUT2D eigenvalue weighted by atomic mass is 9.90. The van der Waals surface area contributed by atoms with Gasteiger partial charge in [-0.3, -0.25) is 14.4 Å². The standard InChI is InChI=1S/C22H22N2O4/c1-28-15-6-7-17-18(12-15)14(10-19(17)25)11-20(26)24-9-8-13-4-2-3-5-16(13)21(24)22(23)27/h2-7,12,14,21H,8-11H2,1H3,(H2,23,27). The molecule has 2 unspecified atom stereocenters. The van der Waals surface area contributed by atoms with E-state index in [0.29, 0.717) is 30.7 Å². The van der Waals surface area contributed by atoms with Crippen molar-refractivity contribution in [3.63, 3.8) is 0 Å². The number of carbonyl (C=O) groups is 3. The Hall–Kier alpha value is -3.15. The molecule has 0 fully saturated rings. The zero-order valence-corrected chi connectivity index (χ0v) is 15.7. The molecule has 4 rings (SSSR count). The van der Waals surface area contributed by atoms with Gasteiger partial charge in [0.05, 0.1) is 7.11 Å². The summed E-state index contributed by atoms with van der Waals surface area (Å²) < 4.78 is 5.26. The maximum Gasteiger partial charge on any atom is 0.244 e. The van der Waals surface area contributed by atoms with Crippen molar-refractivity contribution in [2.24, 2.45) is 5.73 Å². The van der Waals surface area contributed by atoms with Gasteiger partial charge < -0.3 is 15.4 Å². The molecule has 1 heterocycles. The summed E-state index contributed by atoms with van der Waals surface area (Å²) >= 11 is 0. The third-order valence-corrected chi connectivity index (χ3v) is 5.73. The van der Waals surface area contributed by atoms with Gasteiger partial charge in [0.25, 0.3) is 0 Å². The lowest BCUT2D eigenvalue weighted by molar-refractivity contribution is -0.140. The van der Waals surface area contributed by atoms with Gasteiger partial charge in [0.2, 0.25) is 11.8 Å². The van der Waals surface area contributed by atoms with Gasteiger partial charge in [0.15, 0.2) is 5.78 Å². The quantitative estimate of drug-likeness (QED) is 0.884. The summed E-state index contributed by atoms with van der Waals surface area (Å²) in [4.78, 5) is 39.2. The van der Waals surface area contributed by atoms with Gasteiger partial charge in [0, 0.05) is 30.9 Å². The number of carbonyl (C=O) groups excluding carboxylic acids is 3. The maximum absolute atomic E-state index is 13.1. The Morgan fingerprint density at radius 3 is 2.71 bits per heavy atom. The molecule has 0 spiro atoms. The van der Waals surface area contributed by atoms with E-state index >= 15 is 0 Å². The topological polar surface area (TPSA) is 89.7 Å². The number of hydrogen-bond acceptors (Lipinski definition) is 4. The Bertz CT molecular complexity index is 969. The molecule has 0 aromatic heterocycles. The number of primary amides is 1. The predicted octanol–water partition coefficient (Wildman–Crippen LogP) is 2.37. The van der Waals surface area contributed by atoms with E-state index < -0.39 is 11.9 Å². The summed E-state index contributed by atoms with van der Waals surface area (Å²) in [5, 5.41) is 0. The minimum atomic E-state index is -0.765. The van der Waals surface area contributed by atoms with Crippen molar-refractivity contribution in [2.75, 3.05) is 13.7 Å². The summed E-state index contributed by atoms with van der Waals surface area (Å²) in [6.45, 7) is 0.440. The van der Waals surface area contributed by atoms with Crippen molar-refractivity contribution in [1.82, 2.24) is 4.90 Å². The number of fused-ring (bicyclic) bond motifs is 2. The largest absolute Gasteiger partial charge is 0.497 e. The SMILES string of the molecule is COc1ccc2c(c1)C(CC(=O)N1CCc3ccccc3C1C(N)=O)CC2=O. The van der Waals surface area contributed by atoms with Crippen molar-refractivity contribution in [1.29, 1.82) is 0 Å². The smallest absolute Gasteiger partial charge is 0.244 e. The highest BCUT2D eigenvalue weighted by Crippen LogP contribution is 2.39. The van der Waals surface area contributed by atoms with Crippen LogP contribution in [0.3, 0.4) is 0 Å². The van der Waals surface area contributed by atoms with Gasteiger partial charge in [-0.25, -0.2) is 0 Å². The van der Waals surface area contributed by atoms with Crippen molar-refractivity contribution >= 4 is 17.6 Å². The van der Waals surface area contributed by atoms with Crippen LogP contribution in [0.2, 0.25) is 0 Å². The van der Waals surface area contributed by atoms with Crippen LogP contribution in [0.4, 0.5) is 0 Å². The number of hydrogen-bond donors (Lipinski definition) is 1. The molecule has 28 heavy (non-hydrogen) atoms. The molecule has 2 atom stereocenters. The van der Waals surface area contributed by atoms with E-state index in [4.69, 9.17) is 10.5 Å². The Labute approximate surface area is 163 Å². The molecule has 2 aromatic rings. The molecule has 0 saturated carbocycles. The summed E-state index contributed by atoms with van der Waals surface area (Å²) in [5.41, 5.74) is 8.97. The summed E-state index contributed by atoms with van der Waals surface area (Å²) in [6.07, 6.45) is 1.14. The fourth-order valence-corrected chi connectivity index (χ4v) is 4.36. The van der Waals surface area contributed by atoms with Crippen molar-refractivity contribution in [2.45, 2.75) is 31.2 Å². The Morgan fingerprint density at radius 1 is 1.18 bits per heavy atom. The number of ketones is 1. The maximum atomic E-state index is 13.1. The van der Waals surface area contributed by atoms with Crippen LogP contribution in [0.15, 0.2) is 42.5 Å². The molecule has 144 valence electrons. The normalized spacial score (nSPS) is 20.5. The molecule has 6 heteroatoms. The highest BCUT2D eigenvalue weighted by molar-refractivity contribution is 6.02. The molecule has 1 aliphatic carbocycles. The molecule has 1 aliphatic heterocycles. The predicted molar refractivity (Wildman–Crippen MR) is 103 cm³/mol. The Morgan fingerprint density at radius 2 is 1.96 bits per heavy atom. The highest BCUT2D eigenvalue weighted by atomic mass is 16.5. The molecular formula is C22H22N2O4. The first-order chi connectivity index (χ1) is 13.5. The Balaban J connectivity index is 1.60. The van der Waals surface area contributed by atoms with Gasteiger partial charge >= 0.3 is 0 Å². The van der Waals surface area contributed by atoms with Crippen LogP contribution >= 0.6 is 0 Å². The molecule has 6 nitrogen and oxygen atoms in total. The number of Topliss-reactive ketones (excluding diaryl/α,β-unsaturated/α-hetero) is 1. The number of rotatable bonds is 4. The Kier molecular flexibility index (Phi) is 4.63. The molecule has 2 N–H and O–H groups in total. The fourth-order valence-electron chi connectivity index (χ4n) is 4.36. The minimum Gasteiger partial charge on any atom is -0.497 e. The first kappa shape index (κ1) is 18.2. The van der Waals surface area contributed by atoms with Gasteiger partial charge in [-0.1, -0.05) is 24.3 Å². The number of ether oxygens (including phenoxy) is 1. The number of nitrogens with two attached hydrogens (primary N) is 1. The third kappa shape index (κ3) is 3.05. The zero-order chi connectivity index (χ0) is 19.8. The van der Waals surface area contributed by atoms with Crippen LogP contribution in [0.5, 0.6) is 5.75 Å². The van der Waals surface area contributed by atoms with Crippen molar-refractivity contribution < 1.29 is 19.1 Å². The van der Waals surface area contributed by atoms with E-state index in [0.717, 1.165) is 16.7 Å². The van der Waals surface area contributed by atoms with Crippen LogP contribution in [0.25, 0.3) is 0 Å². The zero-order valence-electron chi connectivity index (χ0n) is 15.7. The van der Waals surface area contributed by atoms with E-state index in [9.17, 15) is 14.4 Å². The second kappa shape index (κ2) is 7.11. The van der Waals surface area contributed by atoms with Gasteiger partial charge in [-0.2, -0.15) is 0 Å². The lowest BCUT2D eigenvalue weighted by Gasteiger charge is -2.36. The monoisotopic (exact) mass is 378 g/mol. The molecule has 2 aliphatic rings. The number of nitrogens with zero attached hydrogens (tertiary/aromatic N) is 1. The van der Waals surface area contributed by atoms with E-state index in [1.54, 1.807) is 24.1 Å². The van der Waals surface area contributed by atoms with Gasteiger partial charge in [-0.15, -0.1) is 0 Å². The number of methoxy groups -OCH3 is 1. The molecule has 0 bridgehead atoms. The molecular weight excluding hydrogens is 356 g/mol. The van der Waals surface area contributed by atoms with E-state index in [-0.39, 0.29) is 24.0 Å². The van der Waals surface area contributed by atoms with Crippen LogP contribution in [0, 0.1) is 0 Å². The van der Waals surface area contributed by atoms with Crippen LogP contribution < -0.4 is 10.5 Å². The second-order valence-electron chi connectivity index (χ2n) is 7.32. The minimum absolute atomic E-state index is 0.0332. The van der Waals surface area contributed by atoms with Gasteiger partial charge in [0.1, 0.15) is 11.8 Å². The van der Waals surface area contributed by atoms with Crippen LogP contribution in [0.1, 0.15) is 51.8 Å². The van der Waals surface area contributed by atoms with Crippen LogP contribution in [-0.4, -0.2) is 36.2 Å². The van der Waals surface area contributed by atoms with Crippen LogP contribution in [-0.2, 0) is 16.0 Å². The molecule has 2 amide bonds. The van der Waals surface area contributed by atoms with E-state index in [2.05, 4.69) is 0 Å². The third-order valence-electron chi connectivity index (χ3n) is 5.73. The molecule has 0 radical (unpaired) electrons. The van der Waals surface area contributed by atoms with Crippen molar-refractivity contribution in [3.05, 3.63) is 64.7 Å². The average molecular weight is 378 g/mol. The first-order valence-corrected chi connectivity index (χ1v) is 9.37. The van der Waals surface area contributed by atoms with E-state index in [1.165, 1.54) is 0 Å². The summed E-state index contributed by atoms with van der Waals surface area (Å²) in [5.74, 6) is -0.216. The lowest BCUT2D eigenvalue weighted by Crippen LogP contribution is -2.46. The second-order valence-corrected chi connectivity index (χ2v) is 7.32. The molecule has 2 aromatic carbocycles. The van der Waals surface area contributed by atoms with E-state index in [1.807, 2.05) is 30.3 Å². The first-order valence-electron chi connectivity index (χ1n) is 9.37. The fraction of sp³-hybridized carbons (Fsp3) is 0.318. The number of amides is 2. The molecule has 0 saturated heterocycles. The highest BCUT2D eigenvalue weighted by Gasteiger charge is 2.37. The van der Waals surface area contributed by atoms with Gasteiger partial charge in [-0.05, 0) is 41.3 Å². The summed E-state index contributed by atoms with van der Waals surface area (Å²) in [6, 6.07) is 12.2. The van der Waals surface area contributed by atoms with Crippen molar-refractivity contribution in [3.8, 4) is 5.75 Å². The number of benzene rings is 2. The summed E-state index contributed by atoms with van der Waals surface area (Å²) in [7, 11) is 1.57. The average Bonchev–Trinajstić information content (AvgIpc) is 3.01.